The van der Waals surface area contributed by atoms with Crippen molar-refractivity contribution in [2.45, 2.75) is 32.4 Å². The van der Waals surface area contributed by atoms with Crippen molar-refractivity contribution in [3.63, 3.8) is 0 Å². The number of rotatable bonds is 6. The van der Waals surface area contributed by atoms with E-state index >= 15 is 0 Å². The van der Waals surface area contributed by atoms with Gasteiger partial charge in [0.25, 0.3) is 5.56 Å². The minimum atomic E-state index is -0.0197. The summed E-state index contributed by atoms with van der Waals surface area (Å²) in [6.07, 6.45) is 4.29. The van der Waals surface area contributed by atoms with E-state index in [4.69, 9.17) is 0 Å². The van der Waals surface area contributed by atoms with Gasteiger partial charge in [-0.1, -0.05) is 0 Å². The van der Waals surface area contributed by atoms with E-state index in [0.29, 0.717) is 18.5 Å². The molecule has 0 saturated heterocycles. The molecule has 0 aromatic carbocycles. The van der Waals surface area contributed by atoms with Crippen molar-refractivity contribution >= 4 is 5.69 Å². The first-order chi connectivity index (χ1) is 8.65. The second-order valence-electron chi connectivity index (χ2n) is 4.98. The summed E-state index contributed by atoms with van der Waals surface area (Å²) in [5, 5.41) is 7.55. The number of nitrogens with one attached hydrogen (secondary N) is 1. The molecule has 5 nitrogen and oxygen atoms in total. The Morgan fingerprint density at radius 1 is 1.61 bits per heavy atom. The topological polar surface area (TPSA) is 50.2 Å². The first-order valence-corrected chi connectivity index (χ1v) is 6.61. The molecule has 0 amide bonds. The van der Waals surface area contributed by atoms with Crippen LogP contribution in [0.5, 0.6) is 0 Å². The molecule has 1 aromatic rings. The summed E-state index contributed by atoms with van der Waals surface area (Å²) >= 11 is 0. The van der Waals surface area contributed by atoms with Gasteiger partial charge in [-0.2, -0.15) is 5.10 Å². The Hall–Kier alpha value is -1.36. The number of aromatic nitrogens is 2. The molecule has 1 atom stereocenters. The standard InChI is InChI=1S/C13H22N4O/c1-4-16(3)11-7-13(18)17(15-8-11)9-12(14-2)10-5-6-10/h7-8,10,12,14H,4-6,9H2,1-3H3. The normalized spacial score (nSPS) is 16.6. The summed E-state index contributed by atoms with van der Waals surface area (Å²) < 4.78 is 1.56. The zero-order valence-corrected chi connectivity index (χ0v) is 11.4. The van der Waals surface area contributed by atoms with Gasteiger partial charge in [0.05, 0.1) is 18.4 Å². The van der Waals surface area contributed by atoms with Crippen LogP contribution in [-0.2, 0) is 6.54 Å². The van der Waals surface area contributed by atoms with Crippen molar-refractivity contribution in [2.24, 2.45) is 5.92 Å². The maximum Gasteiger partial charge on any atom is 0.268 e. The fraction of sp³-hybridized carbons (Fsp3) is 0.692. The second-order valence-corrected chi connectivity index (χ2v) is 4.98. The Bertz CT molecular complexity index is 453. The molecule has 5 heteroatoms. The van der Waals surface area contributed by atoms with E-state index in [-0.39, 0.29) is 5.56 Å². The van der Waals surface area contributed by atoms with Crippen LogP contribution in [0.4, 0.5) is 5.69 Å². The van der Waals surface area contributed by atoms with Crippen molar-refractivity contribution < 1.29 is 0 Å². The van der Waals surface area contributed by atoms with Crippen LogP contribution >= 0.6 is 0 Å². The molecule has 1 N–H and O–H groups in total. The molecule has 1 heterocycles. The Morgan fingerprint density at radius 2 is 2.33 bits per heavy atom. The number of nitrogens with zero attached hydrogens (tertiary/aromatic N) is 3. The molecule has 1 aliphatic rings. The van der Waals surface area contributed by atoms with E-state index in [1.807, 2.05) is 19.0 Å². The molecule has 18 heavy (non-hydrogen) atoms. The average molecular weight is 250 g/mol. The van der Waals surface area contributed by atoms with Crippen LogP contribution in [-0.4, -0.2) is 36.5 Å². The quantitative estimate of drug-likeness (QED) is 0.807. The van der Waals surface area contributed by atoms with Gasteiger partial charge in [-0.3, -0.25) is 4.79 Å². The molecule has 0 radical (unpaired) electrons. The lowest BCUT2D eigenvalue weighted by molar-refractivity contribution is 0.403. The van der Waals surface area contributed by atoms with Gasteiger partial charge in [-0.25, -0.2) is 4.68 Å². The maximum absolute atomic E-state index is 12.0. The third-order valence-electron chi connectivity index (χ3n) is 3.70. The highest BCUT2D eigenvalue weighted by atomic mass is 16.1. The fourth-order valence-corrected chi connectivity index (χ4v) is 2.11. The summed E-state index contributed by atoms with van der Waals surface area (Å²) in [5.41, 5.74) is 0.861. The van der Waals surface area contributed by atoms with Crippen molar-refractivity contribution in [3.05, 3.63) is 22.6 Å². The van der Waals surface area contributed by atoms with Gasteiger partial charge in [-0.05, 0) is 32.7 Å². The van der Waals surface area contributed by atoms with E-state index in [2.05, 4.69) is 17.3 Å². The van der Waals surface area contributed by atoms with E-state index in [0.717, 1.165) is 12.2 Å². The average Bonchev–Trinajstić information content (AvgIpc) is 3.20. The zero-order chi connectivity index (χ0) is 13.1. The van der Waals surface area contributed by atoms with Crippen LogP contribution in [0.1, 0.15) is 19.8 Å². The number of anilines is 1. The molecule has 1 unspecified atom stereocenters. The van der Waals surface area contributed by atoms with Crippen molar-refractivity contribution in [1.29, 1.82) is 0 Å². The van der Waals surface area contributed by atoms with Crippen LogP contribution < -0.4 is 15.8 Å². The van der Waals surface area contributed by atoms with Crippen molar-refractivity contribution in [2.75, 3.05) is 25.5 Å². The highest BCUT2D eigenvalue weighted by Gasteiger charge is 2.30. The summed E-state index contributed by atoms with van der Waals surface area (Å²) in [6, 6.07) is 2.03. The lowest BCUT2D eigenvalue weighted by atomic mass is 10.2. The summed E-state index contributed by atoms with van der Waals surface area (Å²) in [6.45, 7) is 3.58. The molecular formula is C13H22N4O. The summed E-state index contributed by atoms with van der Waals surface area (Å²) in [5.74, 6) is 0.710. The minimum absolute atomic E-state index is 0.0197. The molecule has 0 spiro atoms. The van der Waals surface area contributed by atoms with Gasteiger partial charge < -0.3 is 10.2 Å². The predicted octanol–water partition coefficient (Wildman–Crippen LogP) is 0.697. The fourth-order valence-electron chi connectivity index (χ4n) is 2.11. The minimum Gasteiger partial charge on any atom is -0.373 e. The van der Waals surface area contributed by atoms with Crippen molar-refractivity contribution in [3.8, 4) is 0 Å². The summed E-state index contributed by atoms with van der Waals surface area (Å²) in [7, 11) is 3.91. The van der Waals surface area contributed by atoms with E-state index in [9.17, 15) is 4.79 Å². The summed E-state index contributed by atoms with van der Waals surface area (Å²) in [4.78, 5) is 14.0. The first kappa shape index (κ1) is 13.1. The maximum atomic E-state index is 12.0. The molecule has 1 aliphatic carbocycles. The third-order valence-corrected chi connectivity index (χ3v) is 3.70. The smallest absolute Gasteiger partial charge is 0.268 e. The largest absolute Gasteiger partial charge is 0.373 e. The third kappa shape index (κ3) is 2.90. The molecule has 1 saturated carbocycles. The molecule has 0 bridgehead atoms. The molecule has 2 rings (SSSR count). The van der Waals surface area contributed by atoms with Crippen LogP contribution in [0.15, 0.2) is 17.1 Å². The lowest BCUT2D eigenvalue weighted by Gasteiger charge is -2.18. The van der Waals surface area contributed by atoms with Crippen LogP contribution in [0, 0.1) is 5.92 Å². The van der Waals surface area contributed by atoms with Crippen LogP contribution in [0.2, 0.25) is 0 Å². The molecule has 0 aliphatic heterocycles. The Balaban J connectivity index is 2.11. The Labute approximate surface area is 108 Å². The van der Waals surface area contributed by atoms with Gasteiger partial charge in [-0.15, -0.1) is 0 Å². The molecule has 100 valence electrons. The van der Waals surface area contributed by atoms with Gasteiger partial charge in [0, 0.05) is 25.7 Å². The number of likely N-dealkylation sites (N-methyl/N-ethyl adjacent to an activating group) is 1. The molecule has 1 fully saturated rings. The van der Waals surface area contributed by atoms with Gasteiger partial charge >= 0.3 is 0 Å². The molecule has 1 aromatic heterocycles. The SMILES string of the molecule is CCN(C)c1cnn(CC(NC)C2CC2)c(=O)c1. The highest BCUT2D eigenvalue weighted by molar-refractivity contribution is 5.41. The van der Waals surface area contributed by atoms with Gasteiger partial charge in [0.1, 0.15) is 0 Å². The number of hydrogen-bond donors (Lipinski definition) is 1. The second kappa shape index (κ2) is 5.52. The zero-order valence-electron chi connectivity index (χ0n) is 11.4. The first-order valence-electron chi connectivity index (χ1n) is 6.61. The van der Waals surface area contributed by atoms with Gasteiger partial charge in [0.15, 0.2) is 0 Å². The van der Waals surface area contributed by atoms with E-state index in [1.165, 1.54) is 12.8 Å². The van der Waals surface area contributed by atoms with Gasteiger partial charge in [0.2, 0.25) is 0 Å². The van der Waals surface area contributed by atoms with Crippen molar-refractivity contribution in [1.82, 2.24) is 15.1 Å². The lowest BCUT2D eigenvalue weighted by Crippen LogP contribution is -2.37. The van der Waals surface area contributed by atoms with Crippen LogP contribution in [0.3, 0.4) is 0 Å². The van der Waals surface area contributed by atoms with E-state index in [1.54, 1.807) is 16.9 Å². The van der Waals surface area contributed by atoms with E-state index < -0.39 is 0 Å². The Kier molecular flexibility index (Phi) is 4.01. The number of hydrogen-bond acceptors (Lipinski definition) is 4. The van der Waals surface area contributed by atoms with Crippen LogP contribution in [0.25, 0.3) is 0 Å². The highest BCUT2D eigenvalue weighted by Crippen LogP contribution is 2.32. The predicted molar refractivity (Wildman–Crippen MR) is 73.0 cm³/mol. The Morgan fingerprint density at radius 3 is 2.83 bits per heavy atom. The molecular weight excluding hydrogens is 228 g/mol. The monoisotopic (exact) mass is 250 g/mol.